The maximum Gasteiger partial charge on any atom is 0.416 e. The molecule has 1 N–H and O–H groups in total. The number of alkyl halides is 3. The summed E-state index contributed by atoms with van der Waals surface area (Å²) in [6, 6.07) is 16.5. The first-order chi connectivity index (χ1) is 17.7. The average molecular weight is 512 g/mol. The molecular weight excluding hydrogens is 487 g/mol. The predicted octanol–water partition coefficient (Wildman–Crippen LogP) is 4.45. The summed E-state index contributed by atoms with van der Waals surface area (Å²) in [5, 5.41) is 2.88. The molecule has 0 aliphatic heterocycles. The van der Waals surface area contributed by atoms with Gasteiger partial charge in [0.25, 0.3) is 5.56 Å². The number of fused-ring (bicyclic) bond motifs is 1. The summed E-state index contributed by atoms with van der Waals surface area (Å²) in [6.07, 6.45) is -4.31. The Morgan fingerprint density at radius 2 is 1.70 bits per heavy atom. The van der Waals surface area contributed by atoms with Crippen LogP contribution in [0.1, 0.15) is 30.5 Å². The number of ether oxygens (including phenoxy) is 1. The second-order valence-corrected chi connectivity index (χ2v) is 8.35. The van der Waals surface area contributed by atoms with Crippen molar-refractivity contribution in [3.63, 3.8) is 0 Å². The molecule has 1 atom stereocenters. The minimum absolute atomic E-state index is 0.163. The molecule has 3 aromatic carbocycles. The summed E-state index contributed by atoms with van der Waals surface area (Å²) >= 11 is 0. The normalized spacial score (nSPS) is 12.4. The summed E-state index contributed by atoms with van der Waals surface area (Å²) in [4.78, 5) is 40.2. The van der Waals surface area contributed by atoms with Crippen molar-refractivity contribution < 1.29 is 22.7 Å². The van der Waals surface area contributed by atoms with E-state index in [1.165, 1.54) is 23.8 Å². The Hall–Kier alpha value is -4.34. The molecule has 1 heterocycles. The van der Waals surface area contributed by atoms with E-state index in [2.05, 4.69) is 5.32 Å². The highest BCUT2D eigenvalue weighted by Crippen LogP contribution is 2.29. The molecule has 192 valence electrons. The number of halogens is 3. The molecule has 0 fully saturated rings. The van der Waals surface area contributed by atoms with Gasteiger partial charge in [0, 0.05) is 6.54 Å². The zero-order valence-corrected chi connectivity index (χ0v) is 20.1. The molecule has 0 aliphatic carbocycles. The van der Waals surface area contributed by atoms with Crippen molar-refractivity contribution in [1.82, 2.24) is 14.5 Å². The Kier molecular flexibility index (Phi) is 7.19. The smallest absolute Gasteiger partial charge is 0.416 e. The molecule has 37 heavy (non-hydrogen) atoms. The molecule has 1 amide bonds. The van der Waals surface area contributed by atoms with E-state index < -0.39 is 34.9 Å². The molecular formula is C27H24F3N3O4. The quantitative estimate of drug-likeness (QED) is 0.398. The molecule has 0 bridgehead atoms. The first kappa shape index (κ1) is 25.7. The predicted molar refractivity (Wildman–Crippen MR) is 133 cm³/mol. The van der Waals surface area contributed by atoms with Crippen LogP contribution in [0.5, 0.6) is 5.75 Å². The van der Waals surface area contributed by atoms with E-state index in [9.17, 15) is 27.6 Å². The van der Waals surface area contributed by atoms with Gasteiger partial charge in [0.2, 0.25) is 5.91 Å². The number of aromatic nitrogens is 2. The lowest BCUT2D eigenvalue weighted by molar-refractivity contribution is -0.137. The molecule has 0 aliphatic rings. The van der Waals surface area contributed by atoms with Gasteiger partial charge in [-0.3, -0.25) is 14.2 Å². The van der Waals surface area contributed by atoms with E-state index in [1.807, 2.05) is 0 Å². The van der Waals surface area contributed by atoms with E-state index in [1.54, 1.807) is 55.5 Å². The monoisotopic (exact) mass is 511 g/mol. The topological polar surface area (TPSA) is 82.3 Å². The summed E-state index contributed by atoms with van der Waals surface area (Å²) in [7, 11) is 1.49. The van der Waals surface area contributed by atoms with Gasteiger partial charge in [-0.1, -0.05) is 31.2 Å². The van der Waals surface area contributed by atoms with Gasteiger partial charge >= 0.3 is 11.9 Å². The third-order valence-electron chi connectivity index (χ3n) is 6.05. The fourth-order valence-electron chi connectivity index (χ4n) is 4.19. The van der Waals surface area contributed by atoms with Gasteiger partial charge in [-0.25, -0.2) is 9.36 Å². The van der Waals surface area contributed by atoms with Crippen LogP contribution >= 0.6 is 0 Å². The van der Waals surface area contributed by atoms with Gasteiger partial charge in [-0.05, 0) is 60.5 Å². The van der Waals surface area contributed by atoms with Gasteiger partial charge in [-0.15, -0.1) is 0 Å². The van der Waals surface area contributed by atoms with Crippen molar-refractivity contribution in [2.75, 3.05) is 7.11 Å². The molecule has 7 nitrogen and oxygen atoms in total. The maximum atomic E-state index is 13.7. The number of amides is 1. The molecule has 1 aromatic heterocycles. The van der Waals surface area contributed by atoms with E-state index in [0.29, 0.717) is 11.4 Å². The Bertz CT molecular complexity index is 1560. The van der Waals surface area contributed by atoms with E-state index >= 15 is 0 Å². The minimum atomic E-state index is -4.51. The molecule has 0 spiro atoms. The van der Waals surface area contributed by atoms with Crippen LogP contribution in [0, 0.1) is 0 Å². The number of carbonyl (C=O) groups excluding carboxylic acids is 1. The number of hydrogen-bond donors (Lipinski definition) is 1. The molecule has 1 unspecified atom stereocenters. The molecule has 0 saturated carbocycles. The van der Waals surface area contributed by atoms with Crippen LogP contribution in [0.3, 0.4) is 0 Å². The number of nitrogens with one attached hydrogen (secondary N) is 1. The van der Waals surface area contributed by atoms with Gasteiger partial charge in [-0.2, -0.15) is 13.2 Å². The third kappa shape index (κ3) is 5.13. The highest BCUT2D eigenvalue weighted by Gasteiger charge is 2.30. The number of carbonyl (C=O) groups is 1. The van der Waals surface area contributed by atoms with E-state index in [-0.39, 0.29) is 29.4 Å². The van der Waals surface area contributed by atoms with Gasteiger partial charge in [0.05, 0.1) is 29.3 Å². The lowest BCUT2D eigenvalue weighted by atomic mass is 10.1. The number of methoxy groups -OCH3 is 1. The van der Waals surface area contributed by atoms with E-state index in [0.717, 1.165) is 16.7 Å². The zero-order valence-electron chi connectivity index (χ0n) is 20.1. The maximum absolute atomic E-state index is 13.7. The third-order valence-corrected chi connectivity index (χ3v) is 6.05. The summed E-state index contributed by atoms with van der Waals surface area (Å²) < 4.78 is 46.6. The second kappa shape index (κ2) is 10.3. The Balaban J connectivity index is 1.76. The molecule has 4 rings (SSSR count). The van der Waals surface area contributed by atoms with Crippen LogP contribution in [-0.2, 0) is 17.5 Å². The van der Waals surface area contributed by atoms with Crippen molar-refractivity contribution in [3.05, 3.63) is 105 Å². The molecule has 10 heteroatoms. The fraction of sp³-hybridized carbons (Fsp3) is 0.222. The number of hydrogen-bond acceptors (Lipinski definition) is 4. The second-order valence-electron chi connectivity index (χ2n) is 8.35. The molecule has 0 saturated heterocycles. The van der Waals surface area contributed by atoms with Gasteiger partial charge in [0.15, 0.2) is 0 Å². The van der Waals surface area contributed by atoms with Crippen molar-refractivity contribution >= 4 is 16.8 Å². The molecule has 4 aromatic rings. The van der Waals surface area contributed by atoms with E-state index in [4.69, 9.17) is 4.74 Å². The average Bonchev–Trinajstić information content (AvgIpc) is 2.90. The largest absolute Gasteiger partial charge is 0.497 e. The summed E-state index contributed by atoms with van der Waals surface area (Å²) in [5.74, 6) is -0.0228. The van der Waals surface area contributed by atoms with Crippen molar-refractivity contribution in [3.8, 4) is 11.4 Å². The standard InChI is InChI=1S/C27H24F3N3O4/c1-3-22(24(34)31-16-17-7-6-8-18(15-17)27(28,29)30)33-23-10-5-4-9-21(23)25(35)32(26(33)36)19-11-13-20(37-2)14-12-19/h4-15,22H,3,16H2,1-2H3,(H,31,34). The summed E-state index contributed by atoms with van der Waals surface area (Å²) in [6.45, 7) is 1.54. The fourth-order valence-corrected chi connectivity index (χ4v) is 4.19. The van der Waals surface area contributed by atoms with Gasteiger partial charge in [0.1, 0.15) is 11.8 Å². The Labute approximate surface area is 209 Å². The number of para-hydroxylation sites is 1. The SMILES string of the molecule is CCC(C(=O)NCc1cccc(C(F)(F)F)c1)n1c(=O)n(-c2ccc(OC)cc2)c(=O)c2ccccc21. The lowest BCUT2D eigenvalue weighted by Gasteiger charge is -2.22. The Morgan fingerprint density at radius 1 is 1.00 bits per heavy atom. The van der Waals surface area contributed by atoms with Crippen LogP contribution in [0.4, 0.5) is 13.2 Å². The number of benzene rings is 3. The van der Waals surface area contributed by atoms with Gasteiger partial charge < -0.3 is 10.1 Å². The number of nitrogens with zero attached hydrogens (tertiary/aromatic N) is 2. The first-order valence-electron chi connectivity index (χ1n) is 11.5. The highest BCUT2D eigenvalue weighted by atomic mass is 19.4. The minimum Gasteiger partial charge on any atom is -0.497 e. The van der Waals surface area contributed by atoms with Crippen LogP contribution in [0.25, 0.3) is 16.6 Å². The summed E-state index contributed by atoms with van der Waals surface area (Å²) in [5.41, 5.74) is -1.23. The van der Waals surface area contributed by atoms with Crippen LogP contribution in [-0.4, -0.2) is 22.2 Å². The lowest BCUT2D eigenvalue weighted by Crippen LogP contribution is -2.44. The number of rotatable bonds is 7. The first-order valence-corrected chi connectivity index (χ1v) is 11.5. The van der Waals surface area contributed by atoms with Crippen LogP contribution in [0.15, 0.2) is 82.4 Å². The van der Waals surface area contributed by atoms with Crippen molar-refractivity contribution in [2.45, 2.75) is 32.1 Å². The molecule has 0 radical (unpaired) electrons. The van der Waals surface area contributed by atoms with Crippen LogP contribution < -0.4 is 21.3 Å². The zero-order chi connectivity index (χ0) is 26.7. The van der Waals surface area contributed by atoms with Crippen molar-refractivity contribution in [1.29, 1.82) is 0 Å². The Morgan fingerprint density at radius 3 is 2.35 bits per heavy atom. The van der Waals surface area contributed by atoms with Crippen LogP contribution in [0.2, 0.25) is 0 Å². The highest BCUT2D eigenvalue weighted by molar-refractivity contribution is 5.84. The van der Waals surface area contributed by atoms with Crippen molar-refractivity contribution in [2.24, 2.45) is 0 Å².